The first kappa shape index (κ1) is 15.5. The summed E-state index contributed by atoms with van der Waals surface area (Å²) in [5.41, 5.74) is 1.08. The summed E-state index contributed by atoms with van der Waals surface area (Å²) in [6.45, 7) is 4.84. The molecule has 0 aliphatic carbocycles. The topological polar surface area (TPSA) is 55.8 Å². The van der Waals surface area contributed by atoms with E-state index in [1.807, 2.05) is 31.2 Å². The smallest absolute Gasteiger partial charge is 0.306 e. The first-order valence-electron chi connectivity index (χ1n) is 6.46. The molecule has 1 N–H and O–H groups in total. The van der Waals surface area contributed by atoms with Crippen LogP contribution >= 0.6 is 0 Å². The van der Waals surface area contributed by atoms with Crippen molar-refractivity contribution in [2.45, 2.75) is 26.9 Å². The van der Waals surface area contributed by atoms with E-state index < -0.39 is 5.97 Å². The first-order chi connectivity index (χ1) is 9.02. The maximum absolute atomic E-state index is 10.7. The lowest BCUT2D eigenvalue weighted by Gasteiger charge is -2.14. The Bertz CT molecular complexity index is 386. The van der Waals surface area contributed by atoms with Crippen LogP contribution in [0, 0.1) is 11.8 Å². The number of carboxylic acid groups (broad SMARTS) is 1. The number of carbonyl (C=O) groups is 1. The molecule has 1 rings (SSSR count). The van der Waals surface area contributed by atoms with E-state index >= 15 is 0 Å². The number of carboxylic acids is 1. The lowest BCUT2D eigenvalue weighted by atomic mass is 9.98. The largest absolute Gasteiger partial charge is 0.497 e. The Kier molecular flexibility index (Phi) is 6.36. The summed E-state index contributed by atoms with van der Waals surface area (Å²) in [5, 5.41) is 8.83. The maximum atomic E-state index is 10.7. The van der Waals surface area contributed by atoms with Crippen molar-refractivity contribution in [2.75, 3.05) is 13.7 Å². The van der Waals surface area contributed by atoms with Crippen LogP contribution in [0.1, 0.15) is 25.8 Å². The fourth-order valence-corrected chi connectivity index (χ4v) is 1.87. The quantitative estimate of drug-likeness (QED) is 0.786. The van der Waals surface area contributed by atoms with Gasteiger partial charge in [0, 0.05) is 6.61 Å². The van der Waals surface area contributed by atoms with Gasteiger partial charge in [-0.05, 0) is 30.0 Å². The Morgan fingerprint density at radius 2 is 1.89 bits per heavy atom. The number of rotatable bonds is 8. The average molecular weight is 266 g/mol. The molecule has 0 aromatic heterocycles. The van der Waals surface area contributed by atoms with Crippen LogP contribution < -0.4 is 4.74 Å². The Morgan fingerprint density at radius 1 is 1.26 bits per heavy atom. The molecule has 1 aromatic rings. The van der Waals surface area contributed by atoms with Crippen molar-refractivity contribution in [2.24, 2.45) is 11.8 Å². The summed E-state index contributed by atoms with van der Waals surface area (Å²) in [6.07, 6.45) is 0.637. The van der Waals surface area contributed by atoms with Gasteiger partial charge in [-0.1, -0.05) is 26.0 Å². The Balaban J connectivity index is 2.27. The molecule has 2 atom stereocenters. The summed E-state index contributed by atoms with van der Waals surface area (Å²) in [7, 11) is 1.64. The third-order valence-corrected chi connectivity index (χ3v) is 3.01. The highest BCUT2D eigenvalue weighted by molar-refractivity contribution is 5.69. The molecule has 0 saturated heterocycles. The average Bonchev–Trinajstić information content (AvgIpc) is 2.39. The van der Waals surface area contributed by atoms with Crippen LogP contribution in [0.3, 0.4) is 0 Å². The van der Waals surface area contributed by atoms with Crippen molar-refractivity contribution in [3.05, 3.63) is 29.8 Å². The lowest BCUT2D eigenvalue weighted by molar-refractivity contribution is -0.141. The van der Waals surface area contributed by atoms with E-state index in [4.69, 9.17) is 14.6 Å². The van der Waals surface area contributed by atoms with Crippen molar-refractivity contribution in [1.82, 2.24) is 0 Å². The Labute approximate surface area is 114 Å². The minimum Gasteiger partial charge on any atom is -0.497 e. The van der Waals surface area contributed by atoms with E-state index in [1.54, 1.807) is 14.0 Å². The molecule has 0 unspecified atom stereocenters. The van der Waals surface area contributed by atoms with Gasteiger partial charge in [0.15, 0.2) is 0 Å². The summed E-state index contributed by atoms with van der Waals surface area (Å²) in [6, 6.07) is 7.72. The van der Waals surface area contributed by atoms with Crippen molar-refractivity contribution < 1.29 is 19.4 Å². The molecule has 0 amide bonds. The van der Waals surface area contributed by atoms with Gasteiger partial charge in [-0.3, -0.25) is 4.79 Å². The number of benzene rings is 1. The second-order valence-corrected chi connectivity index (χ2v) is 4.94. The van der Waals surface area contributed by atoms with Gasteiger partial charge in [0.2, 0.25) is 0 Å². The van der Waals surface area contributed by atoms with Gasteiger partial charge in [-0.15, -0.1) is 0 Å². The van der Waals surface area contributed by atoms with E-state index in [0.717, 1.165) is 11.3 Å². The predicted octanol–water partition coefficient (Wildman–Crippen LogP) is 2.96. The highest BCUT2D eigenvalue weighted by Crippen LogP contribution is 2.15. The molecule has 1 aromatic carbocycles. The molecule has 0 saturated carbocycles. The normalized spacial score (nSPS) is 13.8. The zero-order chi connectivity index (χ0) is 14.3. The van der Waals surface area contributed by atoms with Gasteiger partial charge in [-0.2, -0.15) is 0 Å². The molecule has 0 radical (unpaired) electrons. The van der Waals surface area contributed by atoms with Crippen LogP contribution in [0.4, 0.5) is 0 Å². The molecular weight excluding hydrogens is 244 g/mol. The van der Waals surface area contributed by atoms with Crippen LogP contribution in [0.5, 0.6) is 5.75 Å². The van der Waals surface area contributed by atoms with E-state index in [0.29, 0.717) is 19.6 Å². The first-order valence-corrected chi connectivity index (χ1v) is 6.46. The van der Waals surface area contributed by atoms with Crippen LogP contribution in [0.2, 0.25) is 0 Å². The summed E-state index contributed by atoms with van der Waals surface area (Å²) in [4.78, 5) is 10.7. The highest BCUT2D eigenvalue weighted by Gasteiger charge is 2.15. The van der Waals surface area contributed by atoms with Gasteiger partial charge < -0.3 is 14.6 Å². The monoisotopic (exact) mass is 266 g/mol. The Morgan fingerprint density at radius 3 is 2.42 bits per heavy atom. The molecule has 0 spiro atoms. The zero-order valence-corrected chi connectivity index (χ0v) is 11.8. The predicted molar refractivity (Wildman–Crippen MR) is 73.2 cm³/mol. The number of hydrogen-bond acceptors (Lipinski definition) is 3. The second-order valence-electron chi connectivity index (χ2n) is 4.94. The van der Waals surface area contributed by atoms with E-state index in [1.165, 1.54) is 0 Å². The molecule has 0 aliphatic rings. The van der Waals surface area contributed by atoms with Gasteiger partial charge in [0.1, 0.15) is 5.75 Å². The van der Waals surface area contributed by atoms with Crippen LogP contribution in [-0.2, 0) is 16.1 Å². The molecular formula is C15H22O4. The number of methoxy groups -OCH3 is 1. The molecule has 4 nitrogen and oxygen atoms in total. The molecule has 0 aliphatic heterocycles. The fraction of sp³-hybridized carbons (Fsp3) is 0.533. The number of ether oxygens (including phenoxy) is 2. The van der Waals surface area contributed by atoms with Crippen molar-refractivity contribution in [3.8, 4) is 5.75 Å². The SMILES string of the molecule is COc1ccc(COC[C@H](C)C[C@H](C)C(=O)O)cc1. The van der Waals surface area contributed by atoms with E-state index in [2.05, 4.69) is 0 Å². The van der Waals surface area contributed by atoms with Gasteiger partial charge in [0.25, 0.3) is 0 Å². The molecule has 4 heteroatoms. The van der Waals surface area contributed by atoms with Crippen molar-refractivity contribution >= 4 is 5.97 Å². The molecule has 0 fully saturated rings. The highest BCUT2D eigenvalue weighted by atomic mass is 16.5. The van der Waals surface area contributed by atoms with Gasteiger partial charge in [-0.25, -0.2) is 0 Å². The van der Waals surface area contributed by atoms with Gasteiger partial charge >= 0.3 is 5.97 Å². The maximum Gasteiger partial charge on any atom is 0.306 e. The Hall–Kier alpha value is -1.55. The fourth-order valence-electron chi connectivity index (χ4n) is 1.87. The van der Waals surface area contributed by atoms with Gasteiger partial charge in [0.05, 0.1) is 19.6 Å². The standard InChI is InChI=1S/C15H22O4/c1-11(8-12(2)15(16)17)9-19-10-13-4-6-14(18-3)7-5-13/h4-7,11-12H,8-10H2,1-3H3,(H,16,17)/t11-,12+/m1/s1. The van der Waals surface area contributed by atoms with Crippen LogP contribution in [0.25, 0.3) is 0 Å². The lowest BCUT2D eigenvalue weighted by Crippen LogP contribution is -2.16. The van der Waals surface area contributed by atoms with E-state index in [9.17, 15) is 4.79 Å². The molecule has 0 heterocycles. The zero-order valence-electron chi connectivity index (χ0n) is 11.8. The third-order valence-electron chi connectivity index (χ3n) is 3.01. The van der Waals surface area contributed by atoms with Crippen molar-refractivity contribution in [1.29, 1.82) is 0 Å². The minimum atomic E-state index is -0.748. The second kappa shape index (κ2) is 7.79. The summed E-state index contributed by atoms with van der Waals surface area (Å²) >= 11 is 0. The molecule has 0 bridgehead atoms. The number of hydrogen-bond donors (Lipinski definition) is 1. The van der Waals surface area contributed by atoms with Crippen LogP contribution in [-0.4, -0.2) is 24.8 Å². The summed E-state index contributed by atoms with van der Waals surface area (Å²) in [5.74, 6) is -0.00154. The van der Waals surface area contributed by atoms with E-state index in [-0.39, 0.29) is 11.8 Å². The number of aliphatic carboxylic acids is 1. The third kappa shape index (κ3) is 5.75. The molecule has 106 valence electrons. The van der Waals surface area contributed by atoms with Crippen molar-refractivity contribution in [3.63, 3.8) is 0 Å². The molecule has 19 heavy (non-hydrogen) atoms. The summed E-state index contributed by atoms with van der Waals surface area (Å²) < 4.78 is 10.7. The van der Waals surface area contributed by atoms with Crippen LogP contribution in [0.15, 0.2) is 24.3 Å². The minimum absolute atomic E-state index is 0.240.